The lowest BCUT2D eigenvalue weighted by Gasteiger charge is -2.11. The van der Waals surface area contributed by atoms with E-state index in [1.165, 1.54) is 0 Å². The van der Waals surface area contributed by atoms with Crippen molar-refractivity contribution in [3.05, 3.63) is 134 Å². The Morgan fingerprint density at radius 1 is 0.357 bits per heavy atom. The van der Waals surface area contributed by atoms with Crippen LogP contribution in [0.4, 0.5) is 0 Å². The molecule has 4 aromatic carbocycles. The molecule has 196 valence electrons. The van der Waals surface area contributed by atoms with Crippen LogP contribution in [-0.4, -0.2) is 29.9 Å². The molecule has 0 saturated heterocycles. The highest BCUT2D eigenvalue weighted by Crippen LogP contribution is 2.33. The van der Waals surface area contributed by atoms with Crippen LogP contribution in [0.15, 0.2) is 134 Å². The minimum Gasteiger partial charge on any atom is -0.256 e. The van der Waals surface area contributed by atoms with Crippen molar-refractivity contribution in [2.45, 2.75) is 0 Å². The summed E-state index contributed by atoms with van der Waals surface area (Å²) in [5.41, 5.74) is 7.49. The molecule has 0 N–H and O–H groups in total. The third kappa shape index (κ3) is 4.14. The molecule has 0 bridgehead atoms. The summed E-state index contributed by atoms with van der Waals surface area (Å²) < 4.78 is 0. The van der Waals surface area contributed by atoms with Crippen LogP contribution >= 0.6 is 0 Å². The maximum absolute atomic E-state index is 4.99. The molecule has 0 aliphatic carbocycles. The van der Waals surface area contributed by atoms with E-state index in [-0.39, 0.29) is 0 Å². The number of benzene rings is 4. The molecule has 42 heavy (non-hydrogen) atoms. The monoisotopic (exact) mass is 538 g/mol. The van der Waals surface area contributed by atoms with E-state index in [4.69, 9.17) is 15.0 Å². The first kappa shape index (κ1) is 24.0. The van der Waals surface area contributed by atoms with Crippen molar-refractivity contribution in [2.75, 3.05) is 0 Å². The smallest absolute Gasteiger partial charge is 0.166 e. The highest BCUT2D eigenvalue weighted by molar-refractivity contribution is 5.96. The molecule has 8 aromatic rings. The molecule has 0 spiro atoms. The summed E-state index contributed by atoms with van der Waals surface area (Å²) in [5, 5.41) is 3.17. The first-order chi connectivity index (χ1) is 20.8. The van der Waals surface area contributed by atoms with Gasteiger partial charge in [-0.25, -0.2) is 15.0 Å². The maximum atomic E-state index is 4.99. The van der Waals surface area contributed by atoms with Crippen LogP contribution < -0.4 is 0 Å². The van der Waals surface area contributed by atoms with Crippen LogP contribution in [0, 0.1) is 0 Å². The molecule has 4 aromatic heterocycles. The first-order valence-electron chi connectivity index (χ1n) is 13.7. The van der Waals surface area contributed by atoms with Gasteiger partial charge in [0.05, 0.1) is 16.6 Å². The van der Waals surface area contributed by atoms with E-state index in [2.05, 4.69) is 51.4 Å². The topological polar surface area (TPSA) is 77.3 Å². The van der Waals surface area contributed by atoms with Crippen molar-refractivity contribution in [3.63, 3.8) is 0 Å². The lowest BCUT2D eigenvalue weighted by molar-refractivity contribution is 1.08. The van der Waals surface area contributed by atoms with Crippen molar-refractivity contribution in [1.82, 2.24) is 29.9 Å². The maximum Gasteiger partial charge on any atom is 0.166 e. The van der Waals surface area contributed by atoms with Gasteiger partial charge < -0.3 is 0 Å². The summed E-state index contributed by atoms with van der Waals surface area (Å²) in [4.78, 5) is 28.8. The summed E-state index contributed by atoms with van der Waals surface area (Å²) >= 11 is 0. The SMILES string of the molecule is c1cnc2c(-c3nc(-c4ccc(-c5cccc6ncccc56)cc4)nc(-c4cccc5cccnc45)n3)cccc2c1. The molecule has 0 fully saturated rings. The predicted octanol–water partition coefficient (Wildman–Crippen LogP) is 8.18. The van der Waals surface area contributed by atoms with Gasteiger partial charge in [0, 0.05) is 51.4 Å². The molecule has 0 saturated carbocycles. The van der Waals surface area contributed by atoms with Crippen LogP contribution in [0.5, 0.6) is 0 Å². The Bertz CT molecular complexity index is 2150. The van der Waals surface area contributed by atoms with E-state index >= 15 is 0 Å². The molecule has 0 aliphatic heterocycles. The van der Waals surface area contributed by atoms with E-state index in [9.17, 15) is 0 Å². The normalized spacial score (nSPS) is 11.3. The zero-order valence-corrected chi connectivity index (χ0v) is 22.4. The summed E-state index contributed by atoms with van der Waals surface area (Å²) in [5.74, 6) is 1.72. The Kier molecular flexibility index (Phi) is 5.67. The van der Waals surface area contributed by atoms with Crippen molar-refractivity contribution in [3.8, 4) is 45.3 Å². The van der Waals surface area contributed by atoms with Gasteiger partial charge in [-0.1, -0.05) is 78.9 Å². The lowest BCUT2D eigenvalue weighted by Crippen LogP contribution is -2.01. The number of fused-ring (bicyclic) bond motifs is 3. The van der Waals surface area contributed by atoms with E-state index in [0.29, 0.717) is 17.5 Å². The number of rotatable bonds is 4. The Balaban J connectivity index is 1.31. The summed E-state index contributed by atoms with van der Waals surface area (Å²) in [6, 6.07) is 38.7. The minimum absolute atomic E-state index is 0.566. The average molecular weight is 539 g/mol. The zero-order chi connectivity index (χ0) is 27.9. The summed E-state index contributed by atoms with van der Waals surface area (Å²) in [7, 11) is 0. The zero-order valence-electron chi connectivity index (χ0n) is 22.4. The van der Waals surface area contributed by atoms with Crippen LogP contribution in [0.2, 0.25) is 0 Å². The molecular weight excluding hydrogens is 516 g/mol. The van der Waals surface area contributed by atoms with Crippen molar-refractivity contribution in [2.24, 2.45) is 0 Å². The van der Waals surface area contributed by atoms with Gasteiger partial charge in [0.1, 0.15) is 0 Å². The fraction of sp³-hybridized carbons (Fsp3) is 0. The molecule has 0 atom stereocenters. The molecular formula is C36H22N6. The van der Waals surface area contributed by atoms with Gasteiger partial charge in [-0.2, -0.15) is 0 Å². The van der Waals surface area contributed by atoms with E-state index < -0.39 is 0 Å². The Morgan fingerprint density at radius 3 is 1.52 bits per heavy atom. The molecule has 0 unspecified atom stereocenters. The molecule has 0 aliphatic rings. The number of pyridine rings is 3. The van der Waals surface area contributed by atoms with Gasteiger partial charge in [-0.15, -0.1) is 0 Å². The predicted molar refractivity (Wildman–Crippen MR) is 167 cm³/mol. The second-order valence-corrected chi connectivity index (χ2v) is 10.0. The van der Waals surface area contributed by atoms with Crippen LogP contribution in [-0.2, 0) is 0 Å². The van der Waals surface area contributed by atoms with Gasteiger partial charge in [-0.3, -0.25) is 15.0 Å². The highest BCUT2D eigenvalue weighted by atomic mass is 15.0. The van der Waals surface area contributed by atoms with E-state index in [1.807, 2.05) is 85.1 Å². The second-order valence-electron chi connectivity index (χ2n) is 10.0. The van der Waals surface area contributed by atoms with Gasteiger partial charge in [0.15, 0.2) is 17.5 Å². The summed E-state index contributed by atoms with van der Waals surface area (Å²) in [6.07, 6.45) is 5.41. The molecule has 6 nitrogen and oxygen atoms in total. The Labute approximate surface area is 241 Å². The van der Waals surface area contributed by atoms with E-state index in [1.54, 1.807) is 12.4 Å². The van der Waals surface area contributed by atoms with Crippen molar-refractivity contribution >= 4 is 32.7 Å². The van der Waals surface area contributed by atoms with Gasteiger partial charge >= 0.3 is 0 Å². The lowest BCUT2D eigenvalue weighted by atomic mass is 9.99. The third-order valence-electron chi connectivity index (χ3n) is 7.48. The van der Waals surface area contributed by atoms with Crippen LogP contribution in [0.1, 0.15) is 0 Å². The van der Waals surface area contributed by atoms with Gasteiger partial charge in [-0.05, 0) is 47.5 Å². The average Bonchev–Trinajstić information content (AvgIpc) is 3.07. The summed E-state index contributed by atoms with van der Waals surface area (Å²) in [6.45, 7) is 0. The minimum atomic E-state index is 0.566. The van der Waals surface area contributed by atoms with E-state index in [0.717, 1.165) is 60.5 Å². The quantitative estimate of drug-likeness (QED) is 0.225. The number of hydrogen-bond acceptors (Lipinski definition) is 6. The molecule has 0 amide bonds. The fourth-order valence-electron chi connectivity index (χ4n) is 5.47. The number of hydrogen-bond donors (Lipinski definition) is 0. The van der Waals surface area contributed by atoms with Crippen LogP contribution in [0.3, 0.4) is 0 Å². The van der Waals surface area contributed by atoms with Crippen LogP contribution in [0.25, 0.3) is 78.0 Å². The molecule has 0 radical (unpaired) electrons. The molecule has 6 heteroatoms. The number of aromatic nitrogens is 6. The largest absolute Gasteiger partial charge is 0.256 e. The molecule has 4 heterocycles. The first-order valence-corrected chi connectivity index (χ1v) is 13.7. The highest BCUT2D eigenvalue weighted by Gasteiger charge is 2.17. The standard InChI is InChI=1S/C36H22N6/c1-7-24-9-4-21-38-32(24)29(12-1)35-40-34(41-36(42-35)30-13-2-8-25-10-5-22-39-33(25)30)26-18-16-23(17-19-26)27-11-3-15-31-28(27)14-6-20-37-31/h1-22H. The second kappa shape index (κ2) is 9.94. The Morgan fingerprint density at radius 2 is 0.857 bits per heavy atom. The Hall–Kier alpha value is -5.88. The van der Waals surface area contributed by atoms with Crippen molar-refractivity contribution in [1.29, 1.82) is 0 Å². The van der Waals surface area contributed by atoms with Crippen molar-refractivity contribution < 1.29 is 0 Å². The molecule has 8 rings (SSSR count). The number of para-hydroxylation sites is 2. The third-order valence-corrected chi connectivity index (χ3v) is 7.48. The number of nitrogens with zero attached hydrogens (tertiary/aromatic N) is 6. The van der Waals surface area contributed by atoms with Gasteiger partial charge in [0.2, 0.25) is 0 Å². The van der Waals surface area contributed by atoms with Gasteiger partial charge in [0.25, 0.3) is 0 Å². The fourth-order valence-corrected chi connectivity index (χ4v) is 5.47.